The van der Waals surface area contributed by atoms with Gasteiger partial charge in [-0.25, -0.2) is 4.98 Å². The summed E-state index contributed by atoms with van der Waals surface area (Å²) in [6.45, 7) is 2.41. The number of hydrogen-bond donors (Lipinski definition) is 3. The van der Waals surface area contributed by atoms with Gasteiger partial charge < -0.3 is 16.2 Å². The van der Waals surface area contributed by atoms with Gasteiger partial charge in [-0.05, 0) is 37.7 Å². The minimum atomic E-state index is -0.215. The third-order valence-corrected chi connectivity index (χ3v) is 3.71. The third kappa shape index (κ3) is 2.88. The molecule has 0 unspecified atom stereocenters. The Hall–Kier alpha value is -1.29. The van der Waals surface area contributed by atoms with Gasteiger partial charge in [0.05, 0.1) is 12.1 Å². The summed E-state index contributed by atoms with van der Waals surface area (Å²) in [5, 5.41) is 13.0. The molecule has 1 heterocycles. The highest BCUT2D eigenvalue weighted by Crippen LogP contribution is 2.34. The molecular weight excluding hydrogens is 214 g/mol. The predicted molar refractivity (Wildman–Crippen MR) is 69.7 cm³/mol. The maximum absolute atomic E-state index is 9.64. The Morgan fingerprint density at radius 1 is 1.53 bits per heavy atom. The quantitative estimate of drug-likeness (QED) is 0.749. The highest BCUT2D eigenvalue weighted by atomic mass is 16.3. The lowest BCUT2D eigenvalue weighted by Gasteiger charge is -2.39. The Bertz CT molecular complexity index is 373. The van der Waals surface area contributed by atoms with E-state index in [0.29, 0.717) is 5.69 Å². The highest BCUT2D eigenvalue weighted by molar-refractivity contribution is 5.49. The number of aliphatic hydroxyl groups is 1. The smallest absolute Gasteiger partial charge is 0.128 e. The van der Waals surface area contributed by atoms with Crippen molar-refractivity contribution in [1.82, 2.24) is 4.98 Å². The van der Waals surface area contributed by atoms with Crippen molar-refractivity contribution in [3.8, 4) is 0 Å². The number of hydrogen-bond acceptors (Lipinski definition) is 4. The van der Waals surface area contributed by atoms with Crippen molar-refractivity contribution in [1.29, 1.82) is 0 Å². The number of rotatable bonds is 3. The van der Waals surface area contributed by atoms with Crippen LogP contribution in [0.4, 0.5) is 11.5 Å². The topological polar surface area (TPSA) is 71.2 Å². The van der Waals surface area contributed by atoms with E-state index in [0.717, 1.165) is 37.4 Å². The molecule has 4 heteroatoms. The van der Waals surface area contributed by atoms with Gasteiger partial charge in [-0.3, -0.25) is 0 Å². The van der Waals surface area contributed by atoms with Gasteiger partial charge in [0.15, 0.2) is 0 Å². The summed E-state index contributed by atoms with van der Waals surface area (Å²) in [7, 11) is 0. The van der Waals surface area contributed by atoms with Gasteiger partial charge in [-0.2, -0.15) is 0 Å². The van der Waals surface area contributed by atoms with E-state index in [1.54, 1.807) is 12.3 Å². The van der Waals surface area contributed by atoms with Crippen molar-refractivity contribution in [2.75, 3.05) is 17.7 Å². The Labute approximate surface area is 102 Å². The van der Waals surface area contributed by atoms with Crippen molar-refractivity contribution in [3.63, 3.8) is 0 Å². The Morgan fingerprint density at radius 2 is 2.24 bits per heavy atom. The van der Waals surface area contributed by atoms with Crippen molar-refractivity contribution in [2.24, 2.45) is 5.92 Å². The predicted octanol–water partition coefficient (Wildman–Crippen LogP) is 2.02. The highest BCUT2D eigenvalue weighted by Gasteiger charge is 2.33. The maximum Gasteiger partial charge on any atom is 0.128 e. The Balaban J connectivity index is 2.09. The fourth-order valence-corrected chi connectivity index (χ4v) is 2.42. The monoisotopic (exact) mass is 235 g/mol. The largest absolute Gasteiger partial charge is 0.399 e. The number of nitrogens with zero attached hydrogens (tertiary/aromatic N) is 1. The standard InChI is InChI=1S/C13H21N3O/c1-10-2-5-13(9-17,6-3-10)16-12-8-11(14)4-7-15-12/h4,7-8,10,17H,2-3,5-6,9H2,1H3,(H3,14,15,16). The molecule has 0 aromatic carbocycles. The number of pyridine rings is 1. The fourth-order valence-electron chi connectivity index (χ4n) is 2.42. The molecule has 0 amide bonds. The molecule has 0 aliphatic heterocycles. The third-order valence-electron chi connectivity index (χ3n) is 3.71. The van der Waals surface area contributed by atoms with Gasteiger partial charge in [0.2, 0.25) is 0 Å². The van der Waals surface area contributed by atoms with Gasteiger partial charge in [0.1, 0.15) is 5.82 Å². The first-order valence-electron chi connectivity index (χ1n) is 6.24. The second-order valence-corrected chi connectivity index (χ2v) is 5.22. The summed E-state index contributed by atoms with van der Waals surface area (Å²) >= 11 is 0. The lowest BCUT2D eigenvalue weighted by Crippen LogP contribution is -2.45. The minimum absolute atomic E-state index is 0.149. The van der Waals surface area contributed by atoms with E-state index in [-0.39, 0.29) is 12.1 Å². The molecule has 0 bridgehead atoms. The van der Waals surface area contributed by atoms with Crippen LogP contribution in [0.5, 0.6) is 0 Å². The van der Waals surface area contributed by atoms with Gasteiger partial charge in [0.25, 0.3) is 0 Å². The zero-order valence-electron chi connectivity index (χ0n) is 10.3. The molecule has 1 saturated carbocycles. The number of nitrogen functional groups attached to an aromatic ring is 1. The zero-order valence-corrected chi connectivity index (χ0v) is 10.3. The molecule has 1 aliphatic carbocycles. The van der Waals surface area contributed by atoms with E-state index >= 15 is 0 Å². The van der Waals surface area contributed by atoms with Crippen LogP contribution in [-0.4, -0.2) is 22.2 Å². The Morgan fingerprint density at radius 3 is 2.82 bits per heavy atom. The summed E-state index contributed by atoms with van der Waals surface area (Å²) in [5.41, 5.74) is 6.21. The molecule has 1 aliphatic rings. The molecule has 17 heavy (non-hydrogen) atoms. The number of nitrogens with one attached hydrogen (secondary N) is 1. The number of aliphatic hydroxyl groups excluding tert-OH is 1. The van der Waals surface area contributed by atoms with Crippen molar-refractivity contribution in [2.45, 2.75) is 38.1 Å². The van der Waals surface area contributed by atoms with Gasteiger partial charge >= 0.3 is 0 Å². The average Bonchev–Trinajstić information content (AvgIpc) is 2.33. The summed E-state index contributed by atoms with van der Waals surface area (Å²) in [6.07, 6.45) is 5.96. The maximum atomic E-state index is 9.64. The Kier molecular flexibility index (Phi) is 3.52. The number of nitrogens with two attached hydrogens (primary N) is 1. The first-order valence-corrected chi connectivity index (χ1v) is 6.24. The lowest BCUT2D eigenvalue weighted by atomic mass is 9.77. The molecular formula is C13H21N3O. The molecule has 1 fully saturated rings. The molecule has 0 spiro atoms. The molecule has 0 radical (unpaired) electrons. The van der Waals surface area contributed by atoms with E-state index in [1.807, 2.05) is 6.07 Å². The van der Waals surface area contributed by atoms with Crippen molar-refractivity contribution >= 4 is 11.5 Å². The zero-order chi connectivity index (χ0) is 12.3. The van der Waals surface area contributed by atoms with Crippen LogP contribution in [0, 0.1) is 5.92 Å². The number of anilines is 2. The first-order chi connectivity index (χ1) is 8.13. The molecule has 4 nitrogen and oxygen atoms in total. The lowest BCUT2D eigenvalue weighted by molar-refractivity contribution is 0.155. The van der Waals surface area contributed by atoms with Crippen LogP contribution in [0.2, 0.25) is 0 Å². The van der Waals surface area contributed by atoms with E-state index in [4.69, 9.17) is 5.73 Å². The second-order valence-electron chi connectivity index (χ2n) is 5.22. The summed E-state index contributed by atoms with van der Waals surface area (Å²) in [4.78, 5) is 4.24. The van der Waals surface area contributed by atoms with Crippen molar-refractivity contribution < 1.29 is 5.11 Å². The van der Waals surface area contributed by atoms with Crippen LogP contribution in [0.25, 0.3) is 0 Å². The fraction of sp³-hybridized carbons (Fsp3) is 0.615. The van der Waals surface area contributed by atoms with Crippen LogP contribution in [0.1, 0.15) is 32.6 Å². The molecule has 0 atom stereocenters. The van der Waals surface area contributed by atoms with Crippen LogP contribution >= 0.6 is 0 Å². The van der Waals surface area contributed by atoms with Crippen LogP contribution in [0.15, 0.2) is 18.3 Å². The van der Waals surface area contributed by atoms with E-state index in [2.05, 4.69) is 17.2 Å². The summed E-state index contributed by atoms with van der Waals surface area (Å²) in [6, 6.07) is 3.58. The van der Waals surface area contributed by atoms with Crippen LogP contribution < -0.4 is 11.1 Å². The van der Waals surface area contributed by atoms with Gasteiger partial charge in [-0.15, -0.1) is 0 Å². The first kappa shape index (κ1) is 12.2. The SMILES string of the molecule is CC1CCC(CO)(Nc2cc(N)ccn2)CC1. The number of aromatic nitrogens is 1. The van der Waals surface area contributed by atoms with Crippen molar-refractivity contribution in [3.05, 3.63) is 18.3 Å². The molecule has 1 aromatic heterocycles. The van der Waals surface area contributed by atoms with E-state index < -0.39 is 0 Å². The van der Waals surface area contributed by atoms with E-state index in [1.165, 1.54) is 0 Å². The van der Waals surface area contributed by atoms with Crippen LogP contribution in [-0.2, 0) is 0 Å². The average molecular weight is 235 g/mol. The van der Waals surface area contributed by atoms with E-state index in [9.17, 15) is 5.11 Å². The molecule has 1 aromatic rings. The molecule has 4 N–H and O–H groups in total. The second kappa shape index (κ2) is 4.92. The normalized spacial score (nSPS) is 28.9. The molecule has 94 valence electrons. The molecule has 0 saturated heterocycles. The van der Waals surface area contributed by atoms with Gasteiger partial charge in [0, 0.05) is 18.0 Å². The van der Waals surface area contributed by atoms with Gasteiger partial charge in [-0.1, -0.05) is 6.92 Å². The minimum Gasteiger partial charge on any atom is -0.399 e. The molecule has 2 rings (SSSR count). The van der Waals surface area contributed by atoms with Crippen LogP contribution in [0.3, 0.4) is 0 Å². The summed E-state index contributed by atoms with van der Waals surface area (Å²) in [5.74, 6) is 1.51. The summed E-state index contributed by atoms with van der Waals surface area (Å²) < 4.78 is 0.